The van der Waals surface area contributed by atoms with Gasteiger partial charge < -0.3 is 15.1 Å². The van der Waals surface area contributed by atoms with E-state index >= 15 is 0 Å². The number of nitrogens with one attached hydrogen (secondary N) is 2. The van der Waals surface area contributed by atoms with Crippen molar-refractivity contribution >= 4 is 33.5 Å². The van der Waals surface area contributed by atoms with E-state index in [0.29, 0.717) is 36.7 Å². The summed E-state index contributed by atoms with van der Waals surface area (Å²) < 4.78 is 7.10. The summed E-state index contributed by atoms with van der Waals surface area (Å²) in [5.41, 5.74) is 1.34. The number of hydrogen-bond donors (Lipinski definition) is 2. The molecule has 0 bridgehead atoms. The molecule has 0 radical (unpaired) electrons. The molecule has 8 nitrogen and oxygen atoms in total. The molecule has 8 heteroatoms. The Labute approximate surface area is 177 Å². The Morgan fingerprint density at radius 3 is 2.81 bits per heavy atom. The van der Waals surface area contributed by atoms with Gasteiger partial charge in [-0.3, -0.25) is 4.79 Å². The summed E-state index contributed by atoms with van der Waals surface area (Å²) in [7, 11) is 0. The van der Waals surface area contributed by atoms with Crippen LogP contribution in [0.1, 0.15) is 16.1 Å². The zero-order valence-corrected chi connectivity index (χ0v) is 16.7. The monoisotopic (exact) mass is 412 g/mol. The van der Waals surface area contributed by atoms with E-state index in [2.05, 4.69) is 25.7 Å². The molecule has 0 fully saturated rings. The Kier molecular flexibility index (Phi) is 5.02. The number of benzene rings is 2. The van der Waals surface area contributed by atoms with E-state index in [0.717, 1.165) is 21.9 Å². The first-order chi connectivity index (χ1) is 15.3. The zero-order chi connectivity index (χ0) is 21.0. The number of anilines is 1. The number of carbonyl (C=O) groups excluding carboxylic acids is 1. The van der Waals surface area contributed by atoms with Gasteiger partial charge in [-0.1, -0.05) is 30.3 Å². The maximum Gasteiger partial charge on any atom is 0.251 e. The molecule has 3 aromatic heterocycles. The first-order valence-electron chi connectivity index (χ1n) is 9.98. The topological polar surface area (TPSA) is 97.9 Å². The highest BCUT2D eigenvalue weighted by atomic mass is 16.3. The standard InChI is InChI=1S/C23H20N6O2/c30-23(18-8-7-16-4-1-2-5-17(16)12-18)24-9-10-29-22-20(14-28-29)21(26-15-27-22)25-13-19-6-3-11-31-19/h1-8,11-12,14-15H,9-10,13H2,(H,24,30)(H,25,26,27). The number of carbonyl (C=O) groups is 1. The van der Waals surface area contributed by atoms with Gasteiger partial charge in [-0.05, 0) is 35.0 Å². The molecule has 0 spiro atoms. The summed E-state index contributed by atoms with van der Waals surface area (Å²) >= 11 is 0. The predicted octanol–water partition coefficient (Wildman–Crippen LogP) is 3.61. The number of aromatic nitrogens is 4. The predicted molar refractivity (Wildman–Crippen MR) is 118 cm³/mol. The van der Waals surface area contributed by atoms with E-state index in [1.165, 1.54) is 6.33 Å². The van der Waals surface area contributed by atoms with Crippen molar-refractivity contribution in [2.75, 3.05) is 11.9 Å². The fourth-order valence-corrected chi connectivity index (χ4v) is 3.49. The third kappa shape index (κ3) is 3.95. The van der Waals surface area contributed by atoms with Crippen LogP contribution < -0.4 is 10.6 Å². The van der Waals surface area contributed by atoms with Crippen molar-refractivity contribution in [3.63, 3.8) is 0 Å². The van der Waals surface area contributed by atoms with Crippen LogP contribution in [-0.2, 0) is 13.1 Å². The molecular formula is C23H20N6O2. The maximum atomic E-state index is 12.5. The lowest BCUT2D eigenvalue weighted by Crippen LogP contribution is -2.27. The first kappa shape index (κ1) is 18.8. The Morgan fingerprint density at radius 2 is 1.94 bits per heavy atom. The van der Waals surface area contributed by atoms with Crippen LogP contribution in [0.5, 0.6) is 0 Å². The largest absolute Gasteiger partial charge is 0.467 e. The number of rotatable bonds is 7. The maximum absolute atomic E-state index is 12.5. The van der Waals surface area contributed by atoms with Gasteiger partial charge in [0.15, 0.2) is 5.65 Å². The average molecular weight is 412 g/mol. The minimum Gasteiger partial charge on any atom is -0.467 e. The first-order valence-corrected chi connectivity index (χ1v) is 9.98. The molecule has 0 atom stereocenters. The van der Waals surface area contributed by atoms with Crippen LogP contribution in [-0.4, -0.2) is 32.2 Å². The Morgan fingerprint density at radius 1 is 1.03 bits per heavy atom. The van der Waals surface area contributed by atoms with Crippen molar-refractivity contribution in [2.24, 2.45) is 0 Å². The molecule has 0 aliphatic carbocycles. The van der Waals surface area contributed by atoms with E-state index in [9.17, 15) is 4.79 Å². The van der Waals surface area contributed by atoms with E-state index in [1.807, 2.05) is 54.6 Å². The number of hydrogen-bond acceptors (Lipinski definition) is 6. The van der Waals surface area contributed by atoms with Crippen molar-refractivity contribution in [3.8, 4) is 0 Å². The highest BCUT2D eigenvalue weighted by molar-refractivity contribution is 5.98. The lowest BCUT2D eigenvalue weighted by molar-refractivity contribution is 0.0952. The van der Waals surface area contributed by atoms with E-state index in [-0.39, 0.29) is 5.91 Å². The zero-order valence-electron chi connectivity index (χ0n) is 16.7. The van der Waals surface area contributed by atoms with Crippen LogP contribution in [0.2, 0.25) is 0 Å². The lowest BCUT2D eigenvalue weighted by Gasteiger charge is -2.08. The Hall–Kier alpha value is -4.20. The van der Waals surface area contributed by atoms with Crippen molar-refractivity contribution in [2.45, 2.75) is 13.1 Å². The smallest absolute Gasteiger partial charge is 0.251 e. The Balaban J connectivity index is 1.24. The molecule has 2 N–H and O–H groups in total. The van der Waals surface area contributed by atoms with Crippen molar-refractivity contribution in [1.29, 1.82) is 0 Å². The minimum atomic E-state index is -0.113. The van der Waals surface area contributed by atoms with E-state index in [1.54, 1.807) is 17.1 Å². The summed E-state index contributed by atoms with van der Waals surface area (Å²) in [6, 6.07) is 17.4. The molecule has 31 heavy (non-hydrogen) atoms. The highest BCUT2D eigenvalue weighted by Crippen LogP contribution is 2.19. The molecule has 154 valence electrons. The van der Waals surface area contributed by atoms with Crippen LogP contribution in [0.15, 0.2) is 77.8 Å². The third-order valence-electron chi connectivity index (χ3n) is 5.06. The van der Waals surface area contributed by atoms with Crippen LogP contribution in [0, 0.1) is 0 Å². The second-order valence-electron chi connectivity index (χ2n) is 7.08. The van der Waals surface area contributed by atoms with Gasteiger partial charge in [0, 0.05) is 12.1 Å². The van der Waals surface area contributed by atoms with E-state index in [4.69, 9.17) is 4.42 Å². The van der Waals surface area contributed by atoms with Gasteiger partial charge in [0.2, 0.25) is 0 Å². The summed E-state index contributed by atoms with van der Waals surface area (Å²) in [4.78, 5) is 21.2. The molecule has 0 saturated carbocycles. The van der Waals surface area contributed by atoms with Gasteiger partial charge in [-0.25, -0.2) is 14.6 Å². The van der Waals surface area contributed by atoms with Gasteiger partial charge >= 0.3 is 0 Å². The quantitative estimate of drug-likeness (QED) is 0.424. The van der Waals surface area contributed by atoms with Gasteiger partial charge in [0.25, 0.3) is 5.91 Å². The highest BCUT2D eigenvalue weighted by Gasteiger charge is 2.11. The summed E-state index contributed by atoms with van der Waals surface area (Å²) in [5, 5.41) is 13.6. The van der Waals surface area contributed by atoms with Crippen LogP contribution in [0.4, 0.5) is 5.82 Å². The summed E-state index contributed by atoms with van der Waals surface area (Å²) in [5.74, 6) is 1.39. The number of fused-ring (bicyclic) bond motifs is 2. The fraction of sp³-hybridized carbons (Fsp3) is 0.130. The van der Waals surface area contributed by atoms with Gasteiger partial charge in [0.1, 0.15) is 17.9 Å². The van der Waals surface area contributed by atoms with Gasteiger partial charge in [0.05, 0.1) is 30.9 Å². The molecule has 1 amide bonds. The van der Waals surface area contributed by atoms with Crippen LogP contribution in [0.25, 0.3) is 21.8 Å². The second-order valence-corrected chi connectivity index (χ2v) is 7.08. The minimum absolute atomic E-state index is 0.113. The van der Waals surface area contributed by atoms with Crippen molar-refractivity contribution in [3.05, 3.63) is 84.7 Å². The van der Waals surface area contributed by atoms with Gasteiger partial charge in [-0.2, -0.15) is 5.10 Å². The third-order valence-corrected chi connectivity index (χ3v) is 5.06. The molecule has 3 heterocycles. The average Bonchev–Trinajstić information content (AvgIpc) is 3.48. The molecule has 0 aliphatic rings. The molecule has 5 aromatic rings. The molecular weight excluding hydrogens is 392 g/mol. The molecule has 2 aromatic carbocycles. The van der Waals surface area contributed by atoms with E-state index < -0.39 is 0 Å². The fourth-order valence-electron chi connectivity index (χ4n) is 3.49. The van der Waals surface area contributed by atoms with Crippen molar-refractivity contribution in [1.82, 2.24) is 25.1 Å². The number of nitrogens with zero attached hydrogens (tertiary/aromatic N) is 4. The number of amides is 1. The number of furan rings is 1. The van der Waals surface area contributed by atoms with Crippen LogP contribution >= 0.6 is 0 Å². The van der Waals surface area contributed by atoms with Crippen molar-refractivity contribution < 1.29 is 9.21 Å². The Bertz CT molecular complexity index is 1340. The molecule has 5 rings (SSSR count). The van der Waals surface area contributed by atoms with Crippen LogP contribution in [0.3, 0.4) is 0 Å². The molecule has 0 saturated heterocycles. The SMILES string of the molecule is O=C(NCCn1ncc2c(NCc3ccco3)ncnc21)c1ccc2ccccc2c1. The normalized spacial score (nSPS) is 11.1. The summed E-state index contributed by atoms with van der Waals surface area (Å²) in [6.07, 6.45) is 4.86. The molecule has 0 aliphatic heterocycles. The summed E-state index contributed by atoms with van der Waals surface area (Å²) in [6.45, 7) is 1.45. The second kappa shape index (κ2) is 8.27. The molecule has 0 unspecified atom stereocenters. The lowest BCUT2D eigenvalue weighted by atomic mass is 10.1. The van der Waals surface area contributed by atoms with Gasteiger partial charge in [-0.15, -0.1) is 0 Å².